The summed E-state index contributed by atoms with van der Waals surface area (Å²) in [6.45, 7) is 1.91. The fraction of sp³-hybridized carbons (Fsp3) is 0.278. The molecule has 0 saturated carbocycles. The number of carbonyl (C=O) groups is 1. The molecule has 1 atom stereocenters. The molecule has 0 aliphatic heterocycles. The number of nitrogens with zero attached hydrogens (tertiary/aromatic N) is 3. The molecule has 0 aliphatic rings. The highest BCUT2D eigenvalue weighted by atomic mass is 32.1. The highest BCUT2D eigenvalue weighted by molar-refractivity contribution is 7.17. The van der Waals surface area contributed by atoms with Gasteiger partial charge in [-0.25, -0.2) is 14.8 Å². The molecule has 2 aromatic heterocycles. The van der Waals surface area contributed by atoms with Gasteiger partial charge in [0.1, 0.15) is 23.3 Å². The van der Waals surface area contributed by atoms with Gasteiger partial charge in [-0.05, 0) is 12.5 Å². The third kappa shape index (κ3) is 3.33. The average molecular weight is 357 g/mol. The molecule has 0 spiro atoms. The Labute approximate surface area is 149 Å². The quantitative estimate of drug-likeness (QED) is 0.728. The summed E-state index contributed by atoms with van der Waals surface area (Å²) < 4.78 is 5.16. The summed E-state index contributed by atoms with van der Waals surface area (Å²) in [5.74, 6) is 0.238. The van der Waals surface area contributed by atoms with E-state index < -0.39 is 12.0 Å². The SMILES string of the molecule is COCc1nc(N(C)C(C)C(=O)O)c2c(-c3ccccc3)csc2n1. The number of fused-ring (bicyclic) bond motifs is 1. The van der Waals surface area contributed by atoms with Gasteiger partial charge in [-0.15, -0.1) is 11.3 Å². The number of rotatable bonds is 6. The number of benzene rings is 1. The first-order valence-electron chi connectivity index (χ1n) is 7.81. The first-order valence-corrected chi connectivity index (χ1v) is 8.69. The Morgan fingerprint density at radius 2 is 2.04 bits per heavy atom. The zero-order valence-electron chi connectivity index (χ0n) is 14.3. The monoisotopic (exact) mass is 357 g/mol. The van der Waals surface area contributed by atoms with Crippen LogP contribution >= 0.6 is 11.3 Å². The third-order valence-electron chi connectivity index (χ3n) is 4.09. The van der Waals surface area contributed by atoms with Crippen molar-refractivity contribution >= 4 is 33.3 Å². The molecule has 2 heterocycles. The van der Waals surface area contributed by atoms with E-state index in [-0.39, 0.29) is 6.61 Å². The number of likely N-dealkylation sites (N-methyl/N-ethyl adjacent to an activating group) is 1. The molecule has 0 aliphatic carbocycles. The highest BCUT2D eigenvalue weighted by Crippen LogP contribution is 2.38. The van der Waals surface area contributed by atoms with Gasteiger partial charge in [0, 0.05) is 25.1 Å². The number of hydrogen-bond donors (Lipinski definition) is 1. The molecular formula is C18H19N3O3S. The van der Waals surface area contributed by atoms with E-state index in [1.807, 2.05) is 35.7 Å². The van der Waals surface area contributed by atoms with E-state index >= 15 is 0 Å². The fourth-order valence-corrected chi connectivity index (χ4v) is 3.56. The smallest absolute Gasteiger partial charge is 0.326 e. The minimum Gasteiger partial charge on any atom is -0.480 e. The topological polar surface area (TPSA) is 75.5 Å². The number of anilines is 1. The van der Waals surface area contributed by atoms with Crippen molar-refractivity contribution in [1.82, 2.24) is 9.97 Å². The van der Waals surface area contributed by atoms with Crippen molar-refractivity contribution in [2.24, 2.45) is 0 Å². The maximum atomic E-state index is 11.4. The van der Waals surface area contributed by atoms with Crippen molar-refractivity contribution in [2.75, 3.05) is 19.1 Å². The van der Waals surface area contributed by atoms with Crippen LogP contribution in [0.5, 0.6) is 0 Å². The lowest BCUT2D eigenvalue weighted by Crippen LogP contribution is -2.36. The summed E-state index contributed by atoms with van der Waals surface area (Å²) in [5.41, 5.74) is 2.05. The van der Waals surface area contributed by atoms with Crippen LogP contribution in [0.25, 0.3) is 21.3 Å². The van der Waals surface area contributed by atoms with Crippen molar-refractivity contribution in [3.8, 4) is 11.1 Å². The van der Waals surface area contributed by atoms with Crippen molar-refractivity contribution in [2.45, 2.75) is 19.6 Å². The molecule has 1 N–H and O–H groups in total. The van der Waals surface area contributed by atoms with E-state index in [4.69, 9.17) is 4.74 Å². The number of ether oxygens (including phenoxy) is 1. The van der Waals surface area contributed by atoms with Crippen LogP contribution in [0.1, 0.15) is 12.7 Å². The molecule has 0 amide bonds. The van der Waals surface area contributed by atoms with Crippen molar-refractivity contribution < 1.29 is 14.6 Å². The minimum absolute atomic E-state index is 0.275. The normalized spacial score (nSPS) is 12.3. The Morgan fingerprint density at radius 3 is 2.68 bits per heavy atom. The Balaban J connectivity index is 2.23. The number of carboxylic acids is 1. The Kier molecular flexibility index (Phi) is 4.96. The second kappa shape index (κ2) is 7.16. The number of aliphatic carboxylic acids is 1. The van der Waals surface area contributed by atoms with E-state index in [0.717, 1.165) is 21.3 Å². The van der Waals surface area contributed by atoms with Gasteiger partial charge in [-0.1, -0.05) is 30.3 Å². The molecule has 3 aromatic rings. The van der Waals surface area contributed by atoms with Crippen LogP contribution in [0.2, 0.25) is 0 Å². The number of hydrogen-bond acceptors (Lipinski definition) is 6. The van der Waals surface area contributed by atoms with Crippen molar-refractivity contribution in [1.29, 1.82) is 0 Å². The maximum Gasteiger partial charge on any atom is 0.326 e. The predicted octanol–water partition coefficient (Wildman–Crippen LogP) is 3.41. The summed E-state index contributed by atoms with van der Waals surface area (Å²) in [6.07, 6.45) is 0. The van der Waals surface area contributed by atoms with Gasteiger partial charge in [0.25, 0.3) is 0 Å². The summed E-state index contributed by atoms with van der Waals surface area (Å²) >= 11 is 1.52. The second-order valence-electron chi connectivity index (χ2n) is 5.72. The zero-order chi connectivity index (χ0) is 18.0. The average Bonchev–Trinajstić information content (AvgIpc) is 3.04. The highest BCUT2D eigenvalue weighted by Gasteiger charge is 2.24. The Hall–Kier alpha value is -2.51. The molecule has 1 unspecified atom stereocenters. The third-order valence-corrected chi connectivity index (χ3v) is 4.96. The summed E-state index contributed by atoms with van der Waals surface area (Å²) in [6, 6.07) is 9.25. The molecular weight excluding hydrogens is 338 g/mol. The Bertz CT molecular complexity index is 895. The van der Waals surface area contributed by atoms with Gasteiger partial charge in [0.05, 0.1) is 5.39 Å². The first kappa shape index (κ1) is 17.3. The fourth-order valence-electron chi connectivity index (χ4n) is 2.59. The molecule has 3 rings (SSSR count). The molecule has 7 heteroatoms. The van der Waals surface area contributed by atoms with Gasteiger partial charge in [-0.2, -0.15) is 0 Å². The number of thiophene rings is 1. The molecule has 1 aromatic carbocycles. The van der Waals surface area contributed by atoms with Crippen LogP contribution in [0.4, 0.5) is 5.82 Å². The van der Waals surface area contributed by atoms with Gasteiger partial charge >= 0.3 is 5.97 Å². The van der Waals surface area contributed by atoms with Gasteiger partial charge in [0.15, 0.2) is 5.82 Å². The maximum absolute atomic E-state index is 11.4. The van der Waals surface area contributed by atoms with E-state index in [2.05, 4.69) is 9.97 Å². The largest absolute Gasteiger partial charge is 0.480 e. The van der Waals surface area contributed by atoms with Crippen LogP contribution in [0, 0.1) is 0 Å². The van der Waals surface area contributed by atoms with E-state index in [9.17, 15) is 9.90 Å². The molecule has 0 saturated heterocycles. The number of aromatic nitrogens is 2. The molecule has 0 radical (unpaired) electrons. The lowest BCUT2D eigenvalue weighted by Gasteiger charge is -2.24. The standard InChI is InChI=1S/C18H19N3O3S/c1-11(18(22)23)21(2)16-15-13(12-7-5-4-6-8-12)10-25-17(15)20-14(19-16)9-24-3/h4-8,10-11H,9H2,1-3H3,(H,22,23). The van der Waals surface area contributed by atoms with Crippen LogP contribution in [0.15, 0.2) is 35.7 Å². The summed E-state index contributed by atoms with van der Waals surface area (Å²) in [5, 5.41) is 12.3. The van der Waals surface area contributed by atoms with E-state index in [1.165, 1.54) is 11.3 Å². The lowest BCUT2D eigenvalue weighted by atomic mass is 10.1. The summed E-state index contributed by atoms with van der Waals surface area (Å²) in [7, 11) is 3.32. The molecule has 25 heavy (non-hydrogen) atoms. The van der Waals surface area contributed by atoms with E-state index in [1.54, 1.807) is 26.0 Å². The van der Waals surface area contributed by atoms with Crippen molar-refractivity contribution in [3.63, 3.8) is 0 Å². The molecule has 6 nitrogen and oxygen atoms in total. The minimum atomic E-state index is -0.904. The van der Waals surface area contributed by atoms with Gasteiger partial charge in [-0.3, -0.25) is 0 Å². The van der Waals surface area contributed by atoms with Crippen LogP contribution in [-0.2, 0) is 16.1 Å². The number of methoxy groups -OCH3 is 1. The van der Waals surface area contributed by atoms with Gasteiger partial charge in [0.2, 0.25) is 0 Å². The first-order chi connectivity index (χ1) is 12.0. The van der Waals surface area contributed by atoms with E-state index in [0.29, 0.717) is 11.6 Å². The second-order valence-corrected chi connectivity index (χ2v) is 6.58. The van der Waals surface area contributed by atoms with Crippen molar-refractivity contribution in [3.05, 3.63) is 41.5 Å². The lowest BCUT2D eigenvalue weighted by molar-refractivity contribution is -0.138. The molecule has 130 valence electrons. The molecule has 0 bridgehead atoms. The van der Waals surface area contributed by atoms with Gasteiger partial charge < -0.3 is 14.7 Å². The van der Waals surface area contributed by atoms with Crippen LogP contribution in [-0.4, -0.2) is 41.2 Å². The van der Waals surface area contributed by atoms with Crippen LogP contribution < -0.4 is 4.90 Å². The number of carboxylic acid groups (broad SMARTS) is 1. The molecule has 0 fully saturated rings. The zero-order valence-corrected chi connectivity index (χ0v) is 15.1. The Morgan fingerprint density at radius 1 is 1.32 bits per heavy atom. The summed E-state index contributed by atoms with van der Waals surface area (Å²) in [4.78, 5) is 23.1. The predicted molar refractivity (Wildman–Crippen MR) is 99.1 cm³/mol. The van der Waals surface area contributed by atoms with Crippen LogP contribution in [0.3, 0.4) is 0 Å².